The number of hydrogen-bond donors (Lipinski definition) is 4. The van der Waals surface area contributed by atoms with E-state index in [0.717, 1.165) is 23.6 Å². The number of ether oxygens (including phenoxy) is 1. The molecule has 0 radical (unpaired) electrons. The molecule has 2 aromatic carbocycles. The maximum absolute atomic E-state index is 12.5. The van der Waals surface area contributed by atoms with Crippen molar-refractivity contribution in [1.82, 2.24) is 10.6 Å². The number of hydrogen-bond acceptors (Lipinski definition) is 6. The summed E-state index contributed by atoms with van der Waals surface area (Å²) in [5, 5.41) is 24.2. The van der Waals surface area contributed by atoms with Crippen molar-refractivity contribution < 1.29 is 24.5 Å². The molecule has 152 valence electrons. The third-order valence-electron chi connectivity index (χ3n) is 4.69. The smallest absolute Gasteiger partial charge is 0.418 e. The summed E-state index contributed by atoms with van der Waals surface area (Å²) >= 11 is 0. The number of rotatable bonds is 4. The molecule has 29 heavy (non-hydrogen) atoms. The van der Waals surface area contributed by atoms with Gasteiger partial charge >= 0.3 is 6.10 Å². The second-order valence-electron chi connectivity index (χ2n) is 6.80. The Morgan fingerprint density at radius 2 is 1.86 bits per heavy atom. The van der Waals surface area contributed by atoms with Gasteiger partial charge in [0.1, 0.15) is 5.75 Å². The maximum Gasteiger partial charge on any atom is 0.418 e. The van der Waals surface area contributed by atoms with Crippen LogP contribution in [-0.4, -0.2) is 35.2 Å². The molecule has 8 heteroatoms. The zero-order valence-corrected chi connectivity index (χ0v) is 16.1. The van der Waals surface area contributed by atoms with Gasteiger partial charge in [-0.05, 0) is 54.2 Å². The van der Waals surface area contributed by atoms with Crippen molar-refractivity contribution in [1.29, 1.82) is 0 Å². The summed E-state index contributed by atoms with van der Waals surface area (Å²) in [5.74, 6) is -0.924. The summed E-state index contributed by atoms with van der Waals surface area (Å²) in [4.78, 5) is 35.6. The van der Waals surface area contributed by atoms with Gasteiger partial charge in [-0.15, -0.1) is 0 Å². The minimum atomic E-state index is -2.86. The van der Waals surface area contributed by atoms with E-state index in [4.69, 9.17) is 4.74 Å². The van der Waals surface area contributed by atoms with Gasteiger partial charge in [0.05, 0.1) is 5.56 Å². The lowest BCUT2D eigenvalue weighted by Gasteiger charge is -2.24. The molecule has 4 N–H and O–H groups in total. The van der Waals surface area contributed by atoms with Crippen molar-refractivity contribution >= 4 is 11.8 Å². The van der Waals surface area contributed by atoms with Crippen molar-refractivity contribution in [2.24, 2.45) is 0 Å². The first-order chi connectivity index (χ1) is 13.7. The normalized spacial score (nSPS) is 12.8. The third-order valence-corrected chi connectivity index (χ3v) is 4.69. The minimum Gasteiger partial charge on any atom is -0.422 e. The highest BCUT2D eigenvalue weighted by Gasteiger charge is 2.29. The van der Waals surface area contributed by atoms with Gasteiger partial charge in [0.15, 0.2) is 5.43 Å². The fraction of sp³-hybridized carbons (Fsp3) is 0.286. The summed E-state index contributed by atoms with van der Waals surface area (Å²) < 4.78 is 5.26. The van der Waals surface area contributed by atoms with Crippen molar-refractivity contribution in [3.63, 3.8) is 0 Å². The molecule has 0 bridgehead atoms. The third kappa shape index (κ3) is 4.44. The van der Waals surface area contributed by atoms with Crippen LogP contribution in [0.1, 0.15) is 34.8 Å². The molecule has 2 amide bonds. The molecule has 2 aromatic rings. The molecule has 0 saturated heterocycles. The van der Waals surface area contributed by atoms with Gasteiger partial charge < -0.3 is 20.3 Å². The summed E-state index contributed by atoms with van der Waals surface area (Å²) in [6.07, 6.45) is -0.999. The van der Waals surface area contributed by atoms with Crippen LogP contribution in [0.15, 0.2) is 41.2 Å². The number of benzene rings is 1. The largest absolute Gasteiger partial charge is 0.422 e. The Kier molecular flexibility index (Phi) is 5.67. The lowest BCUT2D eigenvalue weighted by Crippen LogP contribution is -2.52. The summed E-state index contributed by atoms with van der Waals surface area (Å²) in [7, 11) is 1.46. The molecule has 1 aliphatic rings. The molecule has 0 fully saturated rings. The van der Waals surface area contributed by atoms with Crippen LogP contribution in [-0.2, 0) is 17.6 Å². The highest BCUT2D eigenvalue weighted by atomic mass is 16.8. The molecule has 0 unspecified atom stereocenters. The van der Waals surface area contributed by atoms with E-state index in [9.17, 15) is 24.6 Å². The van der Waals surface area contributed by atoms with Crippen LogP contribution in [0.3, 0.4) is 0 Å². The first-order valence-electron chi connectivity index (χ1n) is 9.16. The van der Waals surface area contributed by atoms with E-state index >= 15 is 0 Å². The average Bonchev–Trinajstić information content (AvgIpc) is 2.90. The first-order valence-corrected chi connectivity index (χ1v) is 9.16. The minimum absolute atomic E-state index is 0.0462. The van der Waals surface area contributed by atoms with E-state index in [1.165, 1.54) is 19.2 Å². The second-order valence-corrected chi connectivity index (χ2v) is 6.80. The Bertz CT molecular complexity index is 1030. The van der Waals surface area contributed by atoms with E-state index in [0.29, 0.717) is 24.8 Å². The van der Waals surface area contributed by atoms with Crippen LogP contribution < -0.4 is 20.8 Å². The standard InChI is InChI=1S/C21H22N2O6/c1-12(24)23-21(27,28)29-19-8-4-6-15-14-9-10-17(20(26)22-2)18(25)11-13(14)5-3-7-16(15)19/h4,6,8-11,27-28H,3,5,7H2,1-2H3,(H,22,26)(H,23,24). The molecule has 3 rings (SSSR count). The number of carbonyl (C=O) groups is 2. The fourth-order valence-electron chi connectivity index (χ4n) is 3.50. The number of fused-ring (bicyclic) bond motifs is 3. The predicted octanol–water partition coefficient (Wildman–Crippen LogP) is 0.673. The fourth-order valence-corrected chi connectivity index (χ4v) is 3.50. The molecule has 0 atom stereocenters. The average molecular weight is 398 g/mol. The number of aliphatic hydroxyl groups is 2. The Morgan fingerprint density at radius 1 is 1.10 bits per heavy atom. The van der Waals surface area contributed by atoms with Gasteiger partial charge in [0.25, 0.3) is 5.91 Å². The molecule has 0 heterocycles. The lowest BCUT2D eigenvalue weighted by molar-refractivity contribution is -0.307. The van der Waals surface area contributed by atoms with Gasteiger partial charge in [0.2, 0.25) is 5.91 Å². The molecular formula is C21H22N2O6. The van der Waals surface area contributed by atoms with Crippen LogP contribution in [0.4, 0.5) is 0 Å². The van der Waals surface area contributed by atoms with Crippen LogP contribution in [0.2, 0.25) is 0 Å². The van der Waals surface area contributed by atoms with Crippen molar-refractivity contribution in [3.05, 3.63) is 63.3 Å². The Labute approximate surface area is 167 Å². The number of carbonyl (C=O) groups excluding carboxylic acids is 2. The Balaban J connectivity index is 2.12. The SMILES string of the molecule is CNC(=O)c1ccc2c(cc1=O)CCCc1c(OC(O)(O)NC(C)=O)cccc1-2. The second kappa shape index (κ2) is 8.02. The van der Waals surface area contributed by atoms with Gasteiger partial charge in [-0.3, -0.25) is 19.7 Å². The maximum atomic E-state index is 12.5. The topological polar surface area (TPSA) is 125 Å². The van der Waals surface area contributed by atoms with E-state index in [1.54, 1.807) is 18.2 Å². The highest BCUT2D eigenvalue weighted by molar-refractivity contribution is 5.94. The molecule has 0 aromatic heterocycles. The molecule has 1 aliphatic carbocycles. The van der Waals surface area contributed by atoms with Crippen molar-refractivity contribution in [3.8, 4) is 16.9 Å². The van der Waals surface area contributed by atoms with E-state index in [2.05, 4.69) is 5.32 Å². The van der Waals surface area contributed by atoms with E-state index in [1.807, 2.05) is 11.4 Å². The van der Waals surface area contributed by atoms with Gasteiger partial charge in [-0.25, -0.2) is 0 Å². The van der Waals surface area contributed by atoms with Gasteiger partial charge in [-0.2, -0.15) is 0 Å². The number of amides is 2. The summed E-state index contributed by atoms with van der Waals surface area (Å²) in [6, 6.07) is 9.77. The van der Waals surface area contributed by atoms with Crippen molar-refractivity contribution in [2.75, 3.05) is 7.05 Å². The Morgan fingerprint density at radius 3 is 2.55 bits per heavy atom. The quantitative estimate of drug-likeness (QED) is 0.561. The molecular weight excluding hydrogens is 376 g/mol. The first kappa shape index (κ1) is 20.5. The number of aryl methyl sites for hydroxylation is 1. The summed E-state index contributed by atoms with van der Waals surface area (Å²) in [5.41, 5.74) is 2.71. The lowest BCUT2D eigenvalue weighted by atomic mass is 9.98. The monoisotopic (exact) mass is 398 g/mol. The predicted molar refractivity (Wildman–Crippen MR) is 105 cm³/mol. The van der Waals surface area contributed by atoms with Crippen LogP contribution >= 0.6 is 0 Å². The molecule has 0 spiro atoms. The van der Waals surface area contributed by atoms with Crippen LogP contribution in [0.5, 0.6) is 5.75 Å². The molecule has 8 nitrogen and oxygen atoms in total. The van der Waals surface area contributed by atoms with Gasteiger partial charge in [-0.1, -0.05) is 18.2 Å². The summed E-state index contributed by atoms with van der Waals surface area (Å²) in [6.45, 7) is 1.14. The van der Waals surface area contributed by atoms with Crippen LogP contribution in [0, 0.1) is 0 Å². The molecule has 0 aliphatic heterocycles. The van der Waals surface area contributed by atoms with E-state index in [-0.39, 0.29) is 16.7 Å². The van der Waals surface area contributed by atoms with E-state index < -0.39 is 17.9 Å². The van der Waals surface area contributed by atoms with Gasteiger partial charge in [0, 0.05) is 19.5 Å². The molecule has 0 saturated carbocycles. The van der Waals surface area contributed by atoms with Crippen LogP contribution in [0.25, 0.3) is 11.1 Å². The zero-order valence-electron chi connectivity index (χ0n) is 16.1. The zero-order chi connectivity index (χ0) is 21.2. The Hall–Kier alpha value is -3.23. The van der Waals surface area contributed by atoms with Crippen molar-refractivity contribution in [2.45, 2.75) is 32.3 Å². The highest BCUT2D eigenvalue weighted by Crippen LogP contribution is 2.37. The number of nitrogens with one attached hydrogen (secondary N) is 2.